The number of anilines is 1. The molecule has 0 radical (unpaired) electrons. The number of piperazine rings is 1. The SMILES string of the molecule is Cn1nnc2c(N3CCN(S(=O)(=O)c4cccnc4)CC3)ncnc21. The van der Waals surface area contributed by atoms with Crippen LogP contribution in [0.15, 0.2) is 35.7 Å². The first-order valence-corrected chi connectivity index (χ1v) is 9.17. The molecule has 0 bridgehead atoms. The number of rotatable bonds is 3. The highest BCUT2D eigenvalue weighted by Crippen LogP contribution is 2.23. The van der Waals surface area contributed by atoms with Crippen molar-refractivity contribution in [3.63, 3.8) is 0 Å². The summed E-state index contributed by atoms with van der Waals surface area (Å²) < 4.78 is 28.4. The molecule has 4 heterocycles. The Hall–Kier alpha value is -2.66. The van der Waals surface area contributed by atoms with Crippen molar-refractivity contribution < 1.29 is 8.42 Å². The molecule has 0 spiro atoms. The van der Waals surface area contributed by atoms with E-state index in [0.29, 0.717) is 43.2 Å². The molecule has 0 aromatic carbocycles. The third-order valence-corrected chi connectivity index (χ3v) is 6.06. The molecule has 0 atom stereocenters. The van der Waals surface area contributed by atoms with Crippen LogP contribution >= 0.6 is 0 Å². The Morgan fingerprint density at radius 1 is 1.12 bits per heavy atom. The van der Waals surface area contributed by atoms with E-state index in [0.717, 1.165) is 0 Å². The first kappa shape index (κ1) is 15.8. The van der Waals surface area contributed by atoms with Crippen molar-refractivity contribution in [3.05, 3.63) is 30.9 Å². The van der Waals surface area contributed by atoms with Crippen LogP contribution in [0.4, 0.5) is 5.82 Å². The summed E-state index contributed by atoms with van der Waals surface area (Å²) in [5, 5.41) is 8.08. The first-order chi connectivity index (χ1) is 12.1. The number of sulfonamides is 1. The van der Waals surface area contributed by atoms with Crippen LogP contribution in [0.1, 0.15) is 0 Å². The number of aromatic nitrogens is 6. The van der Waals surface area contributed by atoms with Gasteiger partial charge in [-0.3, -0.25) is 4.98 Å². The van der Waals surface area contributed by atoms with E-state index < -0.39 is 10.0 Å². The van der Waals surface area contributed by atoms with E-state index in [4.69, 9.17) is 0 Å². The summed E-state index contributed by atoms with van der Waals surface area (Å²) >= 11 is 0. The van der Waals surface area contributed by atoms with Crippen LogP contribution in [0.2, 0.25) is 0 Å². The molecular weight excluding hydrogens is 344 g/mol. The van der Waals surface area contributed by atoms with Gasteiger partial charge < -0.3 is 4.90 Å². The molecule has 11 heteroatoms. The van der Waals surface area contributed by atoms with Crippen LogP contribution in [0.3, 0.4) is 0 Å². The average Bonchev–Trinajstić information content (AvgIpc) is 3.04. The zero-order valence-corrected chi connectivity index (χ0v) is 14.3. The van der Waals surface area contributed by atoms with Crippen molar-refractivity contribution in [2.24, 2.45) is 7.05 Å². The minimum Gasteiger partial charge on any atom is -0.352 e. The molecule has 10 nitrogen and oxygen atoms in total. The van der Waals surface area contributed by atoms with E-state index in [9.17, 15) is 8.42 Å². The van der Waals surface area contributed by atoms with Gasteiger partial charge in [0.05, 0.1) is 0 Å². The van der Waals surface area contributed by atoms with Gasteiger partial charge in [0, 0.05) is 45.6 Å². The van der Waals surface area contributed by atoms with Gasteiger partial charge in [-0.15, -0.1) is 5.10 Å². The van der Waals surface area contributed by atoms with Crippen LogP contribution in [0.25, 0.3) is 11.2 Å². The lowest BCUT2D eigenvalue weighted by Crippen LogP contribution is -2.49. The molecule has 1 aliphatic heterocycles. The highest BCUT2D eigenvalue weighted by Gasteiger charge is 2.30. The minimum absolute atomic E-state index is 0.210. The fourth-order valence-corrected chi connectivity index (χ4v) is 4.25. The minimum atomic E-state index is -3.53. The fourth-order valence-electron chi connectivity index (χ4n) is 2.86. The molecule has 1 saturated heterocycles. The Kier molecular flexibility index (Phi) is 3.81. The zero-order valence-electron chi connectivity index (χ0n) is 13.5. The number of aryl methyl sites for hydroxylation is 1. The second kappa shape index (κ2) is 6.01. The van der Waals surface area contributed by atoms with E-state index in [2.05, 4.69) is 25.3 Å². The van der Waals surface area contributed by atoms with Gasteiger partial charge in [0.2, 0.25) is 10.0 Å². The van der Waals surface area contributed by atoms with Crippen LogP contribution in [0.5, 0.6) is 0 Å². The lowest BCUT2D eigenvalue weighted by Gasteiger charge is -2.34. The molecule has 25 heavy (non-hydrogen) atoms. The molecule has 0 aliphatic carbocycles. The van der Waals surface area contributed by atoms with Crippen LogP contribution < -0.4 is 4.90 Å². The standard InChI is InChI=1S/C14H16N8O2S/c1-20-13-12(18-19-20)14(17-10-16-13)21-5-7-22(8-6-21)25(23,24)11-3-2-4-15-9-11/h2-4,9-10H,5-8H2,1H3. The Labute approximate surface area is 144 Å². The van der Waals surface area contributed by atoms with Gasteiger partial charge in [-0.1, -0.05) is 5.21 Å². The smallest absolute Gasteiger partial charge is 0.244 e. The molecular formula is C14H16N8O2S. The zero-order chi connectivity index (χ0) is 17.4. The first-order valence-electron chi connectivity index (χ1n) is 7.73. The summed E-state index contributed by atoms with van der Waals surface area (Å²) in [7, 11) is -1.76. The molecule has 1 aliphatic rings. The lowest BCUT2D eigenvalue weighted by atomic mass is 10.3. The second-order valence-electron chi connectivity index (χ2n) is 5.66. The number of hydrogen-bond donors (Lipinski definition) is 0. The van der Waals surface area contributed by atoms with E-state index >= 15 is 0 Å². The lowest BCUT2D eigenvalue weighted by molar-refractivity contribution is 0.384. The molecule has 0 unspecified atom stereocenters. The quantitative estimate of drug-likeness (QED) is 0.624. The van der Waals surface area contributed by atoms with Crippen molar-refractivity contribution in [1.29, 1.82) is 0 Å². The molecule has 3 aromatic rings. The highest BCUT2D eigenvalue weighted by atomic mass is 32.2. The fraction of sp³-hybridized carbons (Fsp3) is 0.357. The number of pyridine rings is 1. The summed E-state index contributed by atoms with van der Waals surface area (Å²) in [6.45, 7) is 1.76. The van der Waals surface area contributed by atoms with E-state index in [1.165, 1.54) is 16.8 Å². The topological polar surface area (TPSA) is 110 Å². The van der Waals surface area contributed by atoms with Crippen LogP contribution in [0, 0.1) is 0 Å². The summed E-state index contributed by atoms with van der Waals surface area (Å²) in [4.78, 5) is 14.6. The van der Waals surface area contributed by atoms with Crippen molar-refractivity contribution in [1.82, 2.24) is 34.3 Å². The molecule has 130 valence electrons. The third kappa shape index (κ3) is 2.70. The average molecular weight is 360 g/mol. The maximum atomic E-state index is 12.7. The highest BCUT2D eigenvalue weighted by molar-refractivity contribution is 7.89. The Balaban J connectivity index is 1.55. The van der Waals surface area contributed by atoms with Crippen molar-refractivity contribution >= 4 is 27.0 Å². The summed E-state index contributed by atoms with van der Waals surface area (Å²) in [6, 6.07) is 3.18. The number of hydrogen-bond acceptors (Lipinski definition) is 8. The van der Waals surface area contributed by atoms with Gasteiger partial charge in [-0.2, -0.15) is 4.31 Å². The van der Waals surface area contributed by atoms with Crippen LogP contribution in [-0.2, 0) is 17.1 Å². The van der Waals surface area contributed by atoms with Gasteiger partial charge in [0.15, 0.2) is 17.0 Å². The molecule has 0 amide bonds. The normalized spacial score (nSPS) is 16.4. The van der Waals surface area contributed by atoms with E-state index in [1.54, 1.807) is 30.1 Å². The van der Waals surface area contributed by atoms with Crippen molar-refractivity contribution in [2.75, 3.05) is 31.1 Å². The van der Waals surface area contributed by atoms with E-state index in [-0.39, 0.29) is 4.90 Å². The van der Waals surface area contributed by atoms with E-state index in [1.807, 2.05) is 4.90 Å². The van der Waals surface area contributed by atoms with Gasteiger partial charge in [-0.05, 0) is 12.1 Å². The monoisotopic (exact) mass is 360 g/mol. The Morgan fingerprint density at radius 3 is 2.64 bits per heavy atom. The Bertz CT molecular complexity index is 996. The molecule has 4 rings (SSSR count). The predicted octanol–water partition coefficient (Wildman–Crippen LogP) is -0.336. The number of nitrogens with zero attached hydrogens (tertiary/aromatic N) is 8. The summed E-state index contributed by atoms with van der Waals surface area (Å²) in [5.74, 6) is 0.677. The maximum Gasteiger partial charge on any atom is 0.244 e. The van der Waals surface area contributed by atoms with Crippen LogP contribution in [-0.4, -0.2) is 68.8 Å². The summed E-state index contributed by atoms with van der Waals surface area (Å²) in [6.07, 6.45) is 4.40. The second-order valence-corrected chi connectivity index (χ2v) is 7.60. The maximum absolute atomic E-state index is 12.7. The summed E-state index contributed by atoms with van der Waals surface area (Å²) in [5.41, 5.74) is 1.27. The van der Waals surface area contributed by atoms with Gasteiger partial charge in [-0.25, -0.2) is 23.1 Å². The molecule has 0 saturated carbocycles. The number of fused-ring (bicyclic) bond motifs is 1. The molecule has 1 fully saturated rings. The van der Waals surface area contributed by atoms with Gasteiger partial charge in [0.25, 0.3) is 0 Å². The Morgan fingerprint density at radius 2 is 1.92 bits per heavy atom. The van der Waals surface area contributed by atoms with Gasteiger partial charge in [0.1, 0.15) is 11.2 Å². The molecule has 3 aromatic heterocycles. The van der Waals surface area contributed by atoms with Gasteiger partial charge >= 0.3 is 0 Å². The van der Waals surface area contributed by atoms with Crippen molar-refractivity contribution in [2.45, 2.75) is 4.90 Å². The third-order valence-electron chi connectivity index (χ3n) is 4.18. The predicted molar refractivity (Wildman–Crippen MR) is 89.3 cm³/mol. The largest absolute Gasteiger partial charge is 0.352 e. The van der Waals surface area contributed by atoms with Crippen molar-refractivity contribution in [3.8, 4) is 0 Å². The molecule has 0 N–H and O–H groups in total.